The lowest BCUT2D eigenvalue weighted by Crippen LogP contribution is -2.33. The van der Waals surface area contributed by atoms with Crippen LogP contribution in [0.15, 0.2) is 71.3 Å². The van der Waals surface area contributed by atoms with Gasteiger partial charge in [0.25, 0.3) is 0 Å². The summed E-state index contributed by atoms with van der Waals surface area (Å²) in [4.78, 5) is 9.29. The van der Waals surface area contributed by atoms with E-state index in [9.17, 15) is 0 Å². The molecule has 1 N–H and O–H groups in total. The maximum Gasteiger partial charge on any atom is 0.229 e. The number of hydrogen-bond acceptors (Lipinski definition) is 6. The minimum atomic E-state index is 0.647. The number of pyridine rings is 1. The first-order valence-electron chi connectivity index (χ1n) is 13.5. The lowest BCUT2D eigenvalue weighted by atomic mass is 9.98. The number of ether oxygens (including phenoxy) is 1. The van der Waals surface area contributed by atoms with Gasteiger partial charge in [-0.15, -0.1) is 0 Å². The number of nitrogens with one attached hydrogen (secondary N) is 1. The fraction of sp³-hybridized carbons (Fsp3) is 0.387. The molecule has 2 aromatic carbocycles. The van der Waals surface area contributed by atoms with E-state index in [1.165, 1.54) is 32.4 Å². The molecule has 0 atom stereocenters. The number of anilines is 1. The number of nitrogens with zero attached hydrogens (tertiary/aromatic N) is 3. The number of rotatable bonds is 11. The largest absolute Gasteiger partial charge is 0.492 e. The summed E-state index contributed by atoms with van der Waals surface area (Å²) in [6.45, 7) is 6.01. The monoisotopic (exact) mass is 498 g/mol. The van der Waals surface area contributed by atoms with Crippen molar-refractivity contribution >= 4 is 16.8 Å². The van der Waals surface area contributed by atoms with Gasteiger partial charge in [-0.05, 0) is 88.9 Å². The van der Waals surface area contributed by atoms with E-state index in [0.717, 1.165) is 65.3 Å². The molecule has 1 aliphatic heterocycles. The molecule has 194 valence electrons. The number of aromatic nitrogens is 1. The first-order chi connectivity index (χ1) is 18.2. The minimum Gasteiger partial charge on any atom is -0.492 e. The van der Waals surface area contributed by atoms with Gasteiger partial charge in [-0.3, -0.25) is 4.90 Å². The summed E-state index contributed by atoms with van der Waals surface area (Å²) in [5.74, 6) is 1.72. The summed E-state index contributed by atoms with van der Waals surface area (Å²) in [7, 11) is 4.21. The Morgan fingerprint density at radius 1 is 0.946 bits per heavy atom. The molecule has 4 aromatic rings. The third-order valence-corrected chi connectivity index (χ3v) is 6.99. The van der Waals surface area contributed by atoms with Crippen molar-refractivity contribution in [2.75, 3.05) is 58.7 Å². The van der Waals surface area contributed by atoms with Crippen molar-refractivity contribution in [2.45, 2.75) is 25.7 Å². The second-order valence-corrected chi connectivity index (χ2v) is 10.1. The zero-order chi connectivity index (χ0) is 25.5. The van der Waals surface area contributed by atoms with E-state index in [4.69, 9.17) is 9.15 Å². The van der Waals surface area contributed by atoms with Crippen molar-refractivity contribution in [3.63, 3.8) is 0 Å². The van der Waals surface area contributed by atoms with Gasteiger partial charge in [0.2, 0.25) is 5.71 Å². The highest BCUT2D eigenvalue weighted by atomic mass is 16.5. The zero-order valence-corrected chi connectivity index (χ0v) is 22.1. The fourth-order valence-corrected chi connectivity index (χ4v) is 5.05. The molecule has 1 fully saturated rings. The average Bonchev–Trinajstić information content (AvgIpc) is 3.33. The summed E-state index contributed by atoms with van der Waals surface area (Å²) >= 11 is 0. The quantitative estimate of drug-likeness (QED) is 0.242. The first kappa shape index (κ1) is 25.3. The average molecular weight is 499 g/mol. The Morgan fingerprint density at radius 2 is 1.73 bits per heavy atom. The molecule has 37 heavy (non-hydrogen) atoms. The van der Waals surface area contributed by atoms with Gasteiger partial charge in [0, 0.05) is 36.1 Å². The highest BCUT2D eigenvalue weighted by Crippen LogP contribution is 2.43. The normalized spacial score (nSPS) is 14.4. The fourth-order valence-electron chi connectivity index (χ4n) is 5.05. The molecular weight excluding hydrogens is 460 g/mol. The van der Waals surface area contributed by atoms with E-state index in [-0.39, 0.29) is 0 Å². The van der Waals surface area contributed by atoms with Crippen LogP contribution in [0.1, 0.15) is 25.7 Å². The number of hydrogen-bond donors (Lipinski definition) is 1. The van der Waals surface area contributed by atoms with Crippen LogP contribution in [0.4, 0.5) is 5.69 Å². The molecule has 0 unspecified atom stereocenters. The predicted molar refractivity (Wildman–Crippen MR) is 152 cm³/mol. The Bertz CT molecular complexity index is 1260. The second-order valence-electron chi connectivity index (χ2n) is 10.1. The molecule has 6 nitrogen and oxygen atoms in total. The van der Waals surface area contributed by atoms with Gasteiger partial charge >= 0.3 is 0 Å². The van der Waals surface area contributed by atoms with E-state index in [0.29, 0.717) is 12.3 Å². The van der Waals surface area contributed by atoms with E-state index in [2.05, 4.69) is 70.6 Å². The molecule has 2 aromatic heterocycles. The van der Waals surface area contributed by atoms with Crippen molar-refractivity contribution in [2.24, 2.45) is 0 Å². The number of piperidine rings is 1. The maximum atomic E-state index is 6.42. The van der Waals surface area contributed by atoms with Gasteiger partial charge in [0.05, 0.1) is 5.39 Å². The van der Waals surface area contributed by atoms with Crippen LogP contribution in [0, 0.1) is 0 Å². The molecular formula is C31H38N4O2. The van der Waals surface area contributed by atoms with Crippen LogP contribution < -0.4 is 10.1 Å². The Balaban J connectivity index is 1.40. The van der Waals surface area contributed by atoms with E-state index in [1.54, 1.807) is 0 Å². The first-order valence-corrected chi connectivity index (χ1v) is 13.5. The number of benzene rings is 2. The summed E-state index contributed by atoms with van der Waals surface area (Å²) in [5, 5.41) is 4.65. The summed E-state index contributed by atoms with van der Waals surface area (Å²) < 4.78 is 12.5. The van der Waals surface area contributed by atoms with Gasteiger partial charge in [-0.1, -0.05) is 36.8 Å². The second kappa shape index (κ2) is 12.3. The highest BCUT2D eigenvalue weighted by molar-refractivity contribution is 6.06. The standard InChI is InChI=1S/C31H38N4O2/c1-34(2)19-9-17-32-27-16-18-33-31-29(27)28(24-10-5-3-6-11-24)30(37-31)25-12-14-26(15-13-25)36-23-22-35-20-7-4-8-21-35/h3,5-6,10-16,18H,4,7-9,17,19-23H2,1-2H3,(H,32,33). The Morgan fingerprint density at radius 3 is 2.49 bits per heavy atom. The third-order valence-electron chi connectivity index (χ3n) is 6.99. The van der Waals surface area contributed by atoms with Crippen LogP contribution in [0.25, 0.3) is 33.6 Å². The summed E-state index contributed by atoms with van der Waals surface area (Å²) in [5.41, 5.74) is 4.89. The minimum absolute atomic E-state index is 0.647. The molecule has 0 aliphatic carbocycles. The molecule has 0 spiro atoms. The van der Waals surface area contributed by atoms with E-state index in [1.807, 2.05) is 30.5 Å². The van der Waals surface area contributed by atoms with Crippen molar-refractivity contribution in [1.82, 2.24) is 14.8 Å². The summed E-state index contributed by atoms with van der Waals surface area (Å²) in [6, 6.07) is 20.7. The third kappa shape index (κ3) is 6.32. The zero-order valence-electron chi connectivity index (χ0n) is 22.1. The SMILES string of the molecule is CN(C)CCCNc1ccnc2oc(-c3ccc(OCCN4CCCCC4)cc3)c(-c3ccccc3)c12. The van der Waals surface area contributed by atoms with Gasteiger partial charge < -0.3 is 19.4 Å². The number of likely N-dealkylation sites (tertiary alicyclic amines) is 1. The number of fused-ring (bicyclic) bond motifs is 1. The van der Waals surface area contributed by atoms with Crippen LogP contribution in [0.3, 0.4) is 0 Å². The van der Waals surface area contributed by atoms with E-state index < -0.39 is 0 Å². The van der Waals surface area contributed by atoms with Gasteiger partial charge in [-0.25, -0.2) is 4.98 Å². The van der Waals surface area contributed by atoms with Crippen molar-refractivity contribution in [3.05, 3.63) is 66.9 Å². The van der Waals surface area contributed by atoms with Crippen LogP contribution >= 0.6 is 0 Å². The van der Waals surface area contributed by atoms with E-state index >= 15 is 0 Å². The molecule has 0 saturated carbocycles. The lowest BCUT2D eigenvalue weighted by molar-refractivity contribution is 0.183. The van der Waals surface area contributed by atoms with Crippen molar-refractivity contribution < 1.29 is 9.15 Å². The smallest absolute Gasteiger partial charge is 0.229 e. The molecule has 5 rings (SSSR count). The van der Waals surface area contributed by atoms with Gasteiger partial charge in [0.15, 0.2) is 0 Å². The molecule has 1 aliphatic rings. The van der Waals surface area contributed by atoms with Gasteiger partial charge in [-0.2, -0.15) is 0 Å². The number of furan rings is 1. The van der Waals surface area contributed by atoms with Gasteiger partial charge in [0.1, 0.15) is 18.1 Å². The van der Waals surface area contributed by atoms with Crippen LogP contribution in [-0.4, -0.2) is 68.2 Å². The molecule has 6 heteroatoms. The van der Waals surface area contributed by atoms with Crippen LogP contribution in [0.2, 0.25) is 0 Å². The van der Waals surface area contributed by atoms with Crippen molar-refractivity contribution in [1.29, 1.82) is 0 Å². The molecule has 0 bridgehead atoms. The molecule has 0 amide bonds. The summed E-state index contributed by atoms with van der Waals surface area (Å²) in [6.07, 6.45) is 6.84. The van der Waals surface area contributed by atoms with Crippen LogP contribution in [-0.2, 0) is 0 Å². The molecule has 1 saturated heterocycles. The highest BCUT2D eigenvalue weighted by Gasteiger charge is 2.21. The predicted octanol–water partition coefficient (Wildman–Crippen LogP) is 6.39. The molecule has 3 heterocycles. The topological polar surface area (TPSA) is 53.8 Å². The maximum absolute atomic E-state index is 6.42. The Labute approximate surface area is 220 Å². The Kier molecular flexibility index (Phi) is 8.39. The lowest BCUT2D eigenvalue weighted by Gasteiger charge is -2.26. The van der Waals surface area contributed by atoms with Crippen LogP contribution in [0.5, 0.6) is 5.75 Å². The Hall–Kier alpha value is -3.35. The molecule has 0 radical (unpaired) electrons. The van der Waals surface area contributed by atoms with Crippen molar-refractivity contribution in [3.8, 4) is 28.2 Å².